The SMILES string of the molecule is COCCCNC(=O)CN(C)CC(=O)N(Cc1cccc(OC)c1)C12CC3CC(CC(C3)C1)C2. The zero-order chi connectivity index (χ0) is 24.1. The number of likely N-dealkylation sites (N-methyl/N-ethyl adjacent to an activating group) is 1. The van der Waals surface area contributed by atoms with Crippen molar-refractivity contribution in [3.8, 4) is 5.75 Å². The van der Waals surface area contributed by atoms with Crippen LogP contribution in [0.25, 0.3) is 0 Å². The molecule has 1 aromatic carbocycles. The summed E-state index contributed by atoms with van der Waals surface area (Å²) in [5.41, 5.74) is 1.06. The van der Waals surface area contributed by atoms with E-state index >= 15 is 0 Å². The van der Waals surface area contributed by atoms with Crippen LogP contribution in [-0.4, -0.2) is 74.7 Å². The van der Waals surface area contributed by atoms with E-state index < -0.39 is 0 Å². The van der Waals surface area contributed by atoms with Gasteiger partial charge in [0.2, 0.25) is 11.8 Å². The average Bonchev–Trinajstić information content (AvgIpc) is 2.79. The molecule has 0 unspecified atom stereocenters. The third-order valence-corrected chi connectivity index (χ3v) is 8.02. The number of nitrogens with one attached hydrogen (secondary N) is 1. The highest BCUT2D eigenvalue weighted by Crippen LogP contribution is 2.58. The molecule has 0 saturated heterocycles. The van der Waals surface area contributed by atoms with Gasteiger partial charge in [-0.15, -0.1) is 0 Å². The average molecular weight is 472 g/mol. The fourth-order valence-electron chi connectivity index (χ4n) is 6.99. The van der Waals surface area contributed by atoms with Crippen molar-refractivity contribution in [3.63, 3.8) is 0 Å². The predicted octanol–water partition coefficient (Wildman–Crippen LogP) is 3.08. The van der Waals surface area contributed by atoms with Gasteiger partial charge in [0.15, 0.2) is 0 Å². The van der Waals surface area contributed by atoms with Crippen LogP contribution >= 0.6 is 0 Å². The molecule has 5 rings (SSSR count). The Labute approximate surface area is 204 Å². The summed E-state index contributed by atoms with van der Waals surface area (Å²) in [5, 5.41) is 2.91. The van der Waals surface area contributed by atoms with Crippen LogP contribution in [0, 0.1) is 17.8 Å². The molecule has 1 aromatic rings. The molecule has 2 amide bonds. The van der Waals surface area contributed by atoms with Gasteiger partial charge >= 0.3 is 0 Å². The molecule has 0 aliphatic heterocycles. The molecule has 0 aromatic heterocycles. The van der Waals surface area contributed by atoms with Crippen LogP contribution in [-0.2, 0) is 20.9 Å². The van der Waals surface area contributed by atoms with Crippen molar-refractivity contribution >= 4 is 11.8 Å². The lowest BCUT2D eigenvalue weighted by atomic mass is 9.52. The molecule has 188 valence electrons. The fourth-order valence-corrected chi connectivity index (χ4v) is 6.99. The second kappa shape index (κ2) is 11.1. The Hall–Kier alpha value is -2.12. The lowest BCUT2D eigenvalue weighted by Crippen LogP contribution is -2.62. The highest BCUT2D eigenvalue weighted by Gasteiger charge is 2.54. The highest BCUT2D eigenvalue weighted by molar-refractivity contribution is 5.81. The monoisotopic (exact) mass is 471 g/mol. The van der Waals surface area contributed by atoms with Crippen LogP contribution in [0.5, 0.6) is 5.75 Å². The Kier molecular flexibility index (Phi) is 8.14. The first kappa shape index (κ1) is 25.0. The Morgan fingerprint density at radius 2 is 1.74 bits per heavy atom. The predicted molar refractivity (Wildman–Crippen MR) is 131 cm³/mol. The summed E-state index contributed by atoms with van der Waals surface area (Å²) in [7, 11) is 5.19. The van der Waals surface area contributed by atoms with E-state index in [2.05, 4.69) is 16.3 Å². The number of methoxy groups -OCH3 is 2. The number of benzene rings is 1. The molecule has 0 radical (unpaired) electrons. The largest absolute Gasteiger partial charge is 0.497 e. The number of hydrogen-bond donors (Lipinski definition) is 1. The molecular formula is C27H41N3O4. The molecule has 4 fully saturated rings. The number of nitrogens with zero attached hydrogens (tertiary/aromatic N) is 2. The molecule has 7 heteroatoms. The summed E-state index contributed by atoms with van der Waals surface area (Å²) in [4.78, 5) is 30.2. The van der Waals surface area contributed by atoms with Gasteiger partial charge in [0.1, 0.15) is 5.75 Å². The van der Waals surface area contributed by atoms with Gasteiger partial charge < -0.3 is 19.7 Å². The quantitative estimate of drug-likeness (QED) is 0.475. The standard InChI is InChI=1S/C27H41N3O4/c1-29(18-25(31)28-8-5-9-33-2)19-26(32)30(17-20-6-4-7-24(13-20)34-3)27-14-21-10-22(15-27)12-23(11-21)16-27/h4,6-7,13,21-23H,5,8-12,14-19H2,1-3H3,(H,28,31). The Morgan fingerprint density at radius 3 is 2.35 bits per heavy atom. The van der Waals surface area contributed by atoms with Crippen molar-refractivity contribution in [1.29, 1.82) is 0 Å². The van der Waals surface area contributed by atoms with Crippen molar-refractivity contribution in [2.75, 3.05) is 47.5 Å². The van der Waals surface area contributed by atoms with Crippen LogP contribution in [0.3, 0.4) is 0 Å². The number of hydrogen-bond acceptors (Lipinski definition) is 5. The summed E-state index contributed by atoms with van der Waals surface area (Å²) in [6, 6.07) is 8.06. The Bertz CT molecular complexity index is 823. The third-order valence-electron chi connectivity index (χ3n) is 8.02. The normalized spacial score (nSPS) is 27.1. The van der Waals surface area contributed by atoms with E-state index in [1.54, 1.807) is 14.2 Å². The maximum Gasteiger partial charge on any atom is 0.237 e. The molecule has 7 nitrogen and oxygen atoms in total. The van der Waals surface area contributed by atoms with E-state index in [9.17, 15) is 9.59 Å². The van der Waals surface area contributed by atoms with Crippen LogP contribution in [0.4, 0.5) is 0 Å². The topological polar surface area (TPSA) is 71.1 Å². The van der Waals surface area contributed by atoms with Gasteiger partial charge in [0, 0.05) is 32.3 Å². The van der Waals surface area contributed by atoms with E-state index in [1.807, 2.05) is 30.1 Å². The molecule has 0 heterocycles. The minimum Gasteiger partial charge on any atom is -0.497 e. The number of carbonyl (C=O) groups is 2. The zero-order valence-electron chi connectivity index (χ0n) is 21.1. The number of amides is 2. The number of carbonyl (C=O) groups excluding carboxylic acids is 2. The van der Waals surface area contributed by atoms with Gasteiger partial charge in [-0.3, -0.25) is 14.5 Å². The van der Waals surface area contributed by atoms with E-state index in [1.165, 1.54) is 19.3 Å². The lowest BCUT2D eigenvalue weighted by molar-refractivity contribution is -0.153. The molecule has 34 heavy (non-hydrogen) atoms. The lowest BCUT2D eigenvalue weighted by Gasteiger charge is -2.60. The van der Waals surface area contributed by atoms with E-state index in [0.29, 0.717) is 19.7 Å². The second-order valence-corrected chi connectivity index (χ2v) is 10.8. The zero-order valence-corrected chi connectivity index (χ0v) is 21.1. The van der Waals surface area contributed by atoms with E-state index in [4.69, 9.17) is 9.47 Å². The number of rotatable bonds is 12. The molecular weight excluding hydrogens is 430 g/mol. The fraction of sp³-hybridized carbons (Fsp3) is 0.704. The van der Waals surface area contributed by atoms with Crippen molar-refractivity contribution < 1.29 is 19.1 Å². The molecule has 0 spiro atoms. The van der Waals surface area contributed by atoms with Crippen molar-refractivity contribution in [2.45, 2.75) is 57.0 Å². The van der Waals surface area contributed by atoms with E-state index in [-0.39, 0.29) is 30.4 Å². The summed E-state index contributed by atoms with van der Waals surface area (Å²) in [5.74, 6) is 3.14. The maximum atomic E-state index is 13.8. The molecule has 4 aliphatic carbocycles. The van der Waals surface area contributed by atoms with Crippen LogP contribution in [0.1, 0.15) is 50.5 Å². The first-order valence-corrected chi connectivity index (χ1v) is 12.8. The summed E-state index contributed by atoms with van der Waals surface area (Å²) < 4.78 is 10.5. The Balaban J connectivity index is 1.45. The summed E-state index contributed by atoms with van der Waals surface area (Å²) in [6.07, 6.45) is 8.16. The first-order valence-electron chi connectivity index (χ1n) is 12.8. The minimum absolute atomic E-state index is 0.0435. The van der Waals surface area contributed by atoms with Crippen LogP contribution < -0.4 is 10.1 Å². The van der Waals surface area contributed by atoms with Gasteiger partial charge in [0.05, 0.1) is 20.2 Å². The Morgan fingerprint density at radius 1 is 1.06 bits per heavy atom. The molecule has 4 saturated carbocycles. The third kappa shape index (κ3) is 5.92. The molecule has 0 atom stereocenters. The highest BCUT2D eigenvalue weighted by atomic mass is 16.5. The van der Waals surface area contributed by atoms with Crippen molar-refractivity contribution in [2.24, 2.45) is 17.8 Å². The van der Waals surface area contributed by atoms with Crippen LogP contribution in [0.15, 0.2) is 24.3 Å². The minimum atomic E-state index is -0.0550. The van der Waals surface area contributed by atoms with Gasteiger partial charge in [-0.05, 0) is 87.4 Å². The summed E-state index contributed by atoms with van der Waals surface area (Å²) in [6.45, 7) is 2.27. The smallest absolute Gasteiger partial charge is 0.237 e. The van der Waals surface area contributed by atoms with E-state index in [0.717, 1.165) is 54.7 Å². The van der Waals surface area contributed by atoms with Crippen LogP contribution in [0.2, 0.25) is 0 Å². The molecule has 1 N–H and O–H groups in total. The van der Waals surface area contributed by atoms with Gasteiger partial charge in [0.25, 0.3) is 0 Å². The number of ether oxygens (including phenoxy) is 2. The maximum absolute atomic E-state index is 13.8. The van der Waals surface area contributed by atoms with Gasteiger partial charge in [-0.2, -0.15) is 0 Å². The summed E-state index contributed by atoms with van der Waals surface area (Å²) >= 11 is 0. The van der Waals surface area contributed by atoms with Crippen molar-refractivity contribution in [3.05, 3.63) is 29.8 Å². The first-order chi connectivity index (χ1) is 16.4. The van der Waals surface area contributed by atoms with Gasteiger partial charge in [-0.1, -0.05) is 12.1 Å². The molecule has 4 aliphatic rings. The molecule has 4 bridgehead atoms. The van der Waals surface area contributed by atoms with Gasteiger partial charge in [-0.25, -0.2) is 0 Å². The van der Waals surface area contributed by atoms with Crippen molar-refractivity contribution in [1.82, 2.24) is 15.1 Å². The second-order valence-electron chi connectivity index (χ2n) is 10.8.